The normalized spacial score (nSPS) is 15.3. The highest BCUT2D eigenvalue weighted by Gasteiger charge is 2.20. The van der Waals surface area contributed by atoms with Crippen LogP contribution in [0, 0.1) is 0 Å². The third-order valence-electron chi connectivity index (χ3n) is 3.54. The molecule has 1 aliphatic carbocycles. The Balaban J connectivity index is 1.72. The molecule has 1 fully saturated rings. The molecule has 0 saturated heterocycles. The molecule has 1 heterocycles. The Kier molecular flexibility index (Phi) is 5.62. The summed E-state index contributed by atoms with van der Waals surface area (Å²) in [7, 11) is 1.64. The summed E-state index contributed by atoms with van der Waals surface area (Å²) in [5.41, 5.74) is 0.0657. The highest BCUT2D eigenvalue weighted by molar-refractivity contribution is 5.93. The van der Waals surface area contributed by atoms with E-state index in [1.54, 1.807) is 7.05 Å². The number of hydrogen-bond donors (Lipinski definition) is 0. The molecule has 8 nitrogen and oxygen atoms in total. The van der Waals surface area contributed by atoms with Crippen LogP contribution in [0.1, 0.15) is 44.3 Å². The monoisotopic (exact) mass is 308 g/mol. The first kappa shape index (κ1) is 16.1. The number of nitrogens with zero attached hydrogens (tertiary/aromatic N) is 4. The fourth-order valence-corrected chi connectivity index (χ4v) is 2.26. The number of aromatic nitrogens is 4. The second-order valence-corrected chi connectivity index (χ2v) is 5.33. The molecule has 0 aliphatic heterocycles. The van der Waals surface area contributed by atoms with Crippen LogP contribution in [0.3, 0.4) is 0 Å². The van der Waals surface area contributed by atoms with Crippen molar-refractivity contribution in [1.82, 2.24) is 20.2 Å². The summed E-state index contributed by atoms with van der Waals surface area (Å²) in [6, 6.07) is 0. The SMILES string of the molecule is C=C(CC(=O)OC1CCCCC1)C(=O)OCc1nnnn1C. The lowest BCUT2D eigenvalue weighted by Crippen LogP contribution is -2.22. The van der Waals surface area contributed by atoms with Crippen LogP contribution in [0.15, 0.2) is 12.2 Å². The molecule has 22 heavy (non-hydrogen) atoms. The van der Waals surface area contributed by atoms with Crippen molar-refractivity contribution in [2.75, 3.05) is 0 Å². The van der Waals surface area contributed by atoms with Crippen molar-refractivity contribution < 1.29 is 19.1 Å². The van der Waals surface area contributed by atoms with E-state index in [-0.39, 0.29) is 24.7 Å². The van der Waals surface area contributed by atoms with Gasteiger partial charge in [0.25, 0.3) is 0 Å². The minimum absolute atomic E-state index is 0.0326. The predicted octanol–water partition coefficient (Wildman–Crippen LogP) is 1.08. The molecule has 1 saturated carbocycles. The molecule has 120 valence electrons. The summed E-state index contributed by atoms with van der Waals surface area (Å²) in [5.74, 6) is -0.677. The molecule has 8 heteroatoms. The summed E-state index contributed by atoms with van der Waals surface area (Å²) >= 11 is 0. The van der Waals surface area contributed by atoms with Crippen LogP contribution in [0.5, 0.6) is 0 Å². The first-order valence-corrected chi connectivity index (χ1v) is 7.32. The Morgan fingerprint density at radius 1 is 1.32 bits per heavy atom. The molecule has 1 aromatic rings. The fraction of sp³-hybridized carbons (Fsp3) is 0.643. The highest BCUT2D eigenvalue weighted by atomic mass is 16.5. The number of hydrogen-bond acceptors (Lipinski definition) is 7. The molecule has 0 spiro atoms. The van der Waals surface area contributed by atoms with Gasteiger partial charge in [-0.15, -0.1) is 5.10 Å². The molecule has 0 radical (unpaired) electrons. The average Bonchev–Trinajstić information content (AvgIpc) is 2.91. The fourth-order valence-electron chi connectivity index (χ4n) is 2.26. The van der Waals surface area contributed by atoms with E-state index >= 15 is 0 Å². The zero-order chi connectivity index (χ0) is 15.9. The first-order chi connectivity index (χ1) is 10.6. The van der Waals surface area contributed by atoms with Gasteiger partial charge >= 0.3 is 11.9 Å². The standard InChI is InChI=1S/C14H20N4O4/c1-10(8-13(19)22-11-6-4-3-5-7-11)14(20)21-9-12-15-16-17-18(12)2/h11H,1,3-9H2,2H3. The van der Waals surface area contributed by atoms with Gasteiger partial charge in [-0.1, -0.05) is 13.0 Å². The van der Waals surface area contributed by atoms with Crippen molar-refractivity contribution in [1.29, 1.82) is 0 Å². The molecule has 1 aromatic heterocycles. The van der Waals surface area contributed by atoms with Gasteiger partial charge in [0, 0.05) is 12.6 Å². The number of carbonyl (C=O) groups excluding carboxylic acids is 2. The number of tetrazole rings is 1. The van der Waals surface area contributed by atoms with Crippen LogP contribution in [0.4, 0.5) is 0 Å². The second-order valence-electron chi connectivity index (χ2n) is 5.33. The van der Waals surface area contributed by atoms with Crippen LogP contribution in [-0.4, -0.2) is 38.2 Å². The largest absolute Gasteiger partial charge is 0.462 e. The molecule has 0 bridgehead atoms. The maximum atomic E-state index is 11.8. The van der Waals surface area contributed by atoms with E-state index in [0.29, 0.717) is 5.82 Å². The van der Waals surface area contributed by atoms with Gasteiger partial charge in [0.15, 0.2) is 12.4 Å². The lowest BCUT2D eigenvalue weighted by Gasteiger charge is -2.21. The van der Waals surface area contributed by atoms with E-state index < -0.39 is 11.9 Å². The van der Waals surface area contributed by atoms with Gasteiger partial charge in [0.05, 0.1) is 6.42 Å². The maximum absolute atomic E-state index is 11.8. The summed E-state index contributed by atoms with van der Waals surface area (Å²) in [6.07, 6.45) is 4.93. The summed E-state index contributed by atoms with van der Waals surface area (Å²) in [4.78, 5) is 23.6. The van der Waals surface area contributed by atoms with Gasteiger partial charge in [-0.05, 0) is 36.1 Å². The van der Waals surface area contributed by atoms with Crippen molar-refractivity contribution in [3.8, 4) is 0 Å². The van der Waals surface area contributed by atoms with Crippen LogP contribution in [0.2, 0.25) is 0 Å². The Bertz CT molecular complexity index is 549. The lowest BCUT2D eigenvalue weighted by molar-refractivity contribution is -0.151. The van der Waals surface area contributed by atoms with Crippen molar-refractivity contribution in [2.45, 2.75) is 51.2 Å². The number of esters is 2. The lowest BCUT2D eigenvalue weighted by atomic mass is 9.98. The Morgan fingerprint density at radius 2 is 2.05 bits per heavy atom. The van der Waals surface area contributed by atoms with E-state index in [1.165, 1.54) is 11.1 Å². The molecular formula is C14H20N4O4. The number of aryl methyl sites for hydroxylation is 1. The molecule has 2 rings (SSSR count). The number of rotatable bonds is 6. The Labute approximate surface area is 128 Å². The maximum Gasteiger partial charge on any atom is 0.334 e. The summed E-state index contributed by atoms with van der Waals surface area (Å²) in [5, 5.41) is 10.7. The zero-order valence-electron chi connectivity index (χ0n) is 12.7. The predicted molar refractivity (Wildman–Crippen MR) is 75.3 cm³/mol. The molecule has 1 aliphatic rings. The Hall–Kier alpha value is -2.25. The molecular weight excluding hydrogens is 288 g/mol. The van der Waals surface area contributed by atoms with Gasteiger partial charge in [0.2, 0.25) is 0 Å². The summed E-state index contributed by atoms with van der Waals surface area (Å²) in [6.45, 7) is 3.51. The molecule has 0 amide bonds. The quantitative estimate of drug-likeness (QED) is 0.573. The highest BCUT2D eigenvalue weighted by Crippen LogP contribution is 2.21. The van der Waals surface area contributed by atoms with Crippen LogP contribution in [-0.2, 0) is 32.7 Å². The van der Waals surface area contributed by atoms with Gasteiger partial charge in [-0.2, -0.15) is 0 Å². The topological polar surface area (TPSA) is 96.2 Å². The van der Waals surface area contributed by atoms with Gasteiger partial charge in [0.1, 0.15) is 6.10 Å². The van der Waals surface area contributed by atoms with Crippen LogP contribution < -0.4 is 0 Å². The van der Waals surface area contributed by atoms with E-state index in [9.17, 15) is 9.59 Å². The third kappa shape index (κ3) is 4.64. The van der Waals surface area contributed by atoms with Crippen LogP contribution >= 0.6 is 0 Å². The number of carbonyl (C=O) groups is 2. The molecule has 0 aromatic carbocycles. The van der Waals surface area contributed by atoms with Crippen molar-refractivity contribution >= 4 is 11.9 Å². The average molecular weight is 308 g/mol. The second kappa shape index (κ2) is 7.67. The molecule has 0 N–H and O–H groups in total. The van der Waals surface area contributed by atoms with Gasteiger partial charge in [-0.3, -0.25) is 4.79 Å². The summed E-state index contributed by atoms with van der Waals surface area (Å²) < 4.78 is 11.7. The molecule has 0 atom stereocenters. The van der Waals surface area contributed by atoms with Gasteiger partial charge in [-0.25, -0.2) is 9.48 Å². The van der Waals surface area contributed by atoms with E-state index in [1.807, 2.05) is 0 Å². The first-order valence-electron chi connectivity index (χ1n) is 7.32. The third-order valence-corrected chi connectivity index (χ3v) is 3.54. The van der Waals surface area contributed by atoms with E-state index in [4.69, 9.17) is 9.47 Å². The Morgan fingerprint density at radius 3 is 2.68 bits per heavy atom. The van der Waals surface area contributed by atoms with Gasteiger partial charge < -0.3 is 9.47 Å². The van der Waals surface area contributed by atoms with Crippen molar-refractivity contribution in [3.63, 3.8) is 0 Å². The van der Waals surface area contributed by atoms with E-state index in [0.717, 1.165) is 25.7 Å². The minimum atomic E-state index is -0.649. The van der Waals surface area contributed by atoms with Crippen molar-refractivity contribution in [2.24, 2.45) is 7.05 Å². The molecule has 0 unspecified atom stereocenters. The zero-order valence-corrected chi connectivity index (χ0v) is 12.7. The minimum Gasteiger partial charge on any atom is -0.462 e. The van der Waals surface area contributed by atoms with Crippen molar-refractivity contribution in [3.05, 3.63) is 18.0 Å². The number of ether oxygens (including phenoxy) is 2. The van der Waals surface area contributed by atoms with Crippen LogP contribution in [0.25, 0.3) is 0 Å². The van der Waals surface area contributed by atoms with E-state index in [2.05, 4.69) is 22.1 Å². The smallest absolute Gasteiger partial charge is 0.334 e.